The lowest BCUT2D eigenvalue weighted by molar-refractivity contribution is -0.137. The van der Waals surface area contributed by atoms with E-state index in [0.717, 1.165) is 49.8 Å². The minimum absolute atomic E-state index is 0.0452. The van der Waals surface area contributed by atoms with Crippen LogP contribution in [0.15, 0.2) is 114 Å². The summed E-state index contributed by atoms with van der Waals surface area (Å²) in [5.41, 5.74) is 2.44. The summed E-state index contributed by atoms with van der Waals surface area (Å²) in [4.78, 5) is 19.1. The van der Waals surface area contributed by atoms with Gasteiger partial charge in [0.2, 0.25) is 11.8 Å². The van der Waals surface area contributed by atoms with Crippen molar-refractivity contribution in [3.63, 3.8) is 0 Å². The number of amides is 1. The highest BCUT2D eigenvalue weighted by Crippen LogP contribution is 2.40. The quantitative estimate of drug-likeness (QED) is 0.185. The SMILES string of the molecule is O=C(NC1CCCCC1)C(c1ccc(C(F)(F)F)cc1)n1c(O)c(C(=Nc2ccccc2)c2ccccc2)c2ccccc21. The summed E-state index contributed by atoms with van der Waals surface area (Å²) in [6.07, 6.45) is 0.229. The molecular weight excluding hydrogens is 563 g/mol. The monoisotopic (exact) mass is 595 g/mol. The van der Waals surface area contributed by atoms with Crippen LogP contribution < -0.4 is 5.32 Å². The van der Waals surface area contributed by atoms with E-state index >= 15 is 0 Å². The second-order valence-corrected chi connectivity index (χ2v) is 11.1. The molecule has 6 rings (SSSR count). The first-order valence-electron chi connectivity index (χ1n) is 14.8. The van der Waals surface area contributed by atoms with Crippen molar-refractivity contribution < 1.29 is 23.1 Å². The number of benzene rings is 4. The lowest BCUT2D eigenvalue weighted by Crippen LogP contribution is -2.41. The normalized spacial score (nSPS) is 15.3. The number of carbonyl (C=O) groups is 1. The van der Waals surface area contributed by atoms with Gasteiger partial charge in [0.25, 0.3) is 0 Å². The van der Waals surface area contributed by atoms with E-state index in [1.165, 1.54) is 16.7 Å². The van der Waals surface area contributed by atoms with Gasteiger partial charge in [-0.1, -0.05) is 98.1 Å². The smallest absolute Gasteiger partial charge is 0.416 e. The van der Waals surface area contributed by atoms with Gasteiger partial charge in [-0.25, -0.2) is 4.99 Å². The average molecular weight is 596 g/mol. The molecule has 1 unspecified atom stereocenters. The van der Waals surface area contributed by atoms with Gasteiger partial charge in [-0.15, -0.1) is 0 Å². The Hall–Kier alpha value is -4.85. The number of alkyl halides is 3. The topological polar surface area (TPSA) is 66.6 Å². The van der Waals surface area contributed by atoms with Crippen molar-refractivity contribution in [2.24, 2.45) is 4.99 Å². The summed E-state index contributed by atoms with van der Waals surface area (Å²) < 4.78 is 42.0. The highest BCUT2D eigenvalue weighted by molar-refractivity contribution is 6.22. The maximum absolute atomic E-state index is 14.1. The lowest BCUT2D eigenvalue weighted by atomic mass is 9.94. The van der Waals surface area contributed by atoms with Gasteiger partial charge in [-0.2, -0.15) is 13.2 Å². The fourth-order valence-electron chi connectivity index (χ4n) is 6.04. The summed E-state index contributed by atoms with van der Waals surface area (Å²) in [5.74, 6) is -0.589. The second kappa shape index (κ2) is 12.4. The number of nitrogens with zero attached hydrogens (tertiary/aromatic N) is 2. The predicted molar refractivity (Wildman–Crippen MR) is 166 cm³/mol. The summed E-state index contributed by atoms with van der Waals surface area (Å²) in [7, 11) is 0. The Morgan fingerprint density at radius 3 is 2.09 bits per heavy atom. The number of aromatic nitrogens is 1. The molecule has 1 fully saturated rings. The van der Waals surface area contributed by atoms with Crippen molar-refractivity contribution in [1.29, 1.82) is 0 Å². The Bertz CT molecular complexity index is 1770. The minimum atomic E-state index is -4.52. The molecule has 5 nitrogen and oxygen atoms in total. The molecule has 0 bridgehead atoms. The Kier molecular flexibility index (Phi) is 8.24. The predicted octanol–water partition coefficient (Wildman–Crippen LogP) is 8.57. The zero-order chi connectivity index (χ0) is 30.7. The molecule has 1 heterocycles. The Morgan fingerprint density at radius 2 is 1.43 bits per heavy atom. The molecule has 4 aromatic carbocycles. The average Bonchev–Trinajstić information content (AvgIpc) is 3.32. The molecule has 1 aliphatic rings. The Balaban J connectivity index is 1.56. The molecule has 1 amide bonds. The van der Waals surface area contributed by atoms with Crippen LogP contribution in [-0.4, -0.2) is 27.3 Å². The van der Waals surface area contributed by atoms with Gasteiger partial charge in [0.05, 0.1) is 28.0 Å². The number of aliphatic imine (C=N–C) groups is 1. The van der Waals surface area contributed by atoms with Crippen LogP contribution in [0.1, 0.15) is 60.4 Å². The van der Waals surface area contributed by atoms with Gasteiger partial charge in [0, 0.05) is 17.0 Å². The molecule has 2 N–H and O–H groups in total. The zero-order valence-electron chi connectivity index (χ0n) is 24.0. The zero-order valence-corrected chi connectivity index (χ0v) is 24.0. The van der Waals surface area contributed by atoms with Crippen LogP contribution in [0.5, 0.6) is 5.88 Å². The van der Waals surface area contributed by atoms with Crippen LogP contribution in [-0.2, 0) is 11.0 Å². The third-order valence-corrected chi connectivity index (χ3v) is 8.18. The van der Waals surface area contributed by atoms with Gasteiger partial charge in [0.1, 0.15) is 6.04 Å². The molecule has 44 heavy (non-hydrogen) atoms. The van der Waals surface area contributed by atoms with Crippen molar-refractivity contribution in [3.05, 3.63) is 131 Å². The molecule has 0 radical (unpaired) electrons. The first-order chi connectivity index (χ1) is 21.3. The maximum atomic E-state index is 14.1. The summed E-state index contributed by atoms with van der Waals surface area (Å²) in [6.45, 7) is 0. The van der Waals surface area contributed by atoms with E-state index in [1.54, 1.807) is 12.1 Å². The van der Waals surface area contributed by atoms with Crippen molar-refractivity contribution in [1.82, 2.24) is 9.88 Å². The first-order valence-corrected chi connectivity index (χ1v) is 14.8. The molecule has 1 saturated carbocycles. The maximum Gasteiger partial charge on any atom is 0.416 e. The van der Waals surface area contributed by atoms with E-state index in [0.29, 0.717) is 33.4 Å². The fraction of sp³-hybridized carbons (Fsp3) is 0.222. The number of hydrogen-bond acceptors (Lipinski definition) is 3. The van der Waals surface area contributed by atoms with E-state index in [9.17, 15) is 23.1 Å². The third kappa shape index (κ3) is 5.97. The number of fused-ring (bicyclic) bond motifs is 1. The minimum Gasteiger partial charge on any atom is -0.494 e. The molecular formula is C36H32F3N3O2. The van der Waals surface area contributed by atoms with Crippen molar-refractivity contribution in [3.8, 4) is 5.88 Å². The van der Waals surface area contributed by atoms with Crippen LogP contribution in [0.25, 0.3) is 10.9 Å². The molecule has 5 aromatic rings. The van der Waals surface area contributed by atoms with Crippen molar-refractivity contribution in [2.45, 2.75) is 50.4 Å². The van der Waals surface area contributed by atoms with Crippen LogP contribution in [0.3, 0.4) is 0 Å². The van der Waals surface area contributed by atoms with Crippen molar-refractivity contribution in [2.75, 3.05) is 0 Å². The largest absolute Gasteiger partial charge is 0.494 e. The highest BCUT2D eigenvalue weighted by Gasteiger charge is 2.34. The third-order valence-electron chi connectivity index (χ3n) is 8.18. The number of aromatic hydroxyl groups is 1. The molecule has 0 aliphatic heterocycles. The van der Waals surface area contributed by atoms with E-state index in [1.807, 2.05) is 72.8 Å². The first kappa shape index (κ1) is 29.2. The van der Waals surface area contributed by atoms with E-state index < -0.39 is 17.8 Å². The lowest BCUT2D eigenvalue weighted by Gasteiger charge is -2.27. The molecule has 0 spiro atoms. The van der Waals surface area contributed by atoms with Gasteiger partial charge < -0.3 is 10.4 Å². The van der Waals surface area contributed by atoms with Gasteiger partial charge in [-0.05, 0) is 48.7 Å². The van der Waals surface area contributed by atoms with Crippen LogP contribution in [0.4, 0.5) is 18.9 Å². The number of carbonyl (C=O) groups excluding carboxylic acids is 1. The molecule has 224 valence electrons. The Morgan fingerprint density at radius 1 is 0.818 bits per heavy atom. The summed E-state index contributed by atoms with van der Waals surface area (Å²) in [5, 5.41) is 15.9. The molecule has 0 saturated heterocycles. The molecule has 8 heteroatoms. The Labute approximate surface area is 253 Å². The van der Waals surface area contributed by atoms with Crippen LogP contribution >= 0.6 is 0 Å². The van der Waals surface area contributed by atoms with Gasteiger partial charge >= 0.3 is 6.18 Å². The van der Waals surface area contributed by atoms with Crippen LogP contribution in [0.2, 0.25) is 0 Å². The molecule has 1 aliphatic carbocycles. The summed E-state index contributed by atoms with van der Waals surface area (Å²) >= 11 is 0. The summed E-state index contributed by atoms with van der Waals surface area (Å²) in [6, 6.07) is 29.5. The van der Waals surface area contributed by atoms with E-state index in [-0.39, 0.29) is 17.8 Å². The fourth-order valence-corrected chi connectivity index (χ4v) is 6.04. The van der Waals surface area contributed by atoms with Crippen molar-refractivity contribution >= 4 is 28.2 Å². The number of para-hydroxylation sites is 2. The standard InChI is InChI=1S/C36H32F3N3O2/c37-36(38,39)26-22-20-25(21-23-26)33(34(43)41-28-16-8-3-9-17-28)42-30-19-11-10-18-29(30)31(35(42)44)32(24-12-4-1-5-13-24)40-27-14-6-2-7-15-27/h1-2,4-7,10-15,18-23,28,33,44H,3,8-9,16-17H2,(H,41,43). The van der Waals surface area contributed by atoms with Gasteiger partial charge in [0.15, 0.2) is 0 Å². The number of rotatable bonds is 7. The molecule has 1 aromatic heterocycles. The van der Waals surface area contributed by atoms with E-state index in [4.69, 9.17) is 4.99 Å². The second-order valence-electron chi connectivity index (χ2n) is 11.1. The van der Waals surface area contributed by atoms with Gasteiger partial charge in [-0.3, -0.25) is 9.36 Å². The number of nitrogens with one attached hydrogen (secondary N) is 1. The number of halogens is 3. The number of hydrogen-bond donors (Lipinski definition) is 2. The van der Waals surface area contributed by atoms with Crippen LogP contribution in [0, 0.1) is 0 Å². The highest BCUT2D eigenvalue weighted by atomic mass is 19.4. The molecule has 1 atom stereocenters. The van der Waals surface area contributed by atoms with E-state index in [2.05, 4.69) is 5.32 Å².